The van der Waals surface area contributed by atoms with Gasteiger partial charge in [0.15, 0.2) is 0 Å². The zero-order valence-corrected chi connectivity index (χ0v) is 11.0. The summed E-state index contributed by atoms with van der Waals surface area (Å²) in [4.78, 5) is 8.06. The van der Waals surface area contributed by atoms with Crippen molar-refractivity contribution < 1.29 is 0 Å². The van der Waals surface area contributed by atoms with Gasteiger partial charge in [-0.05, 0) is 18.2 Å². The number of rotatable bonds is 3. The van der Waals surface area contributed by atoms with Gasteiger partial charge in [-0.1, -0.05) is 23.2 Å². The lowest BCUT2D eigenvalue weighted by Crippen LogP contribution is -2.03. The minimum Gasteiger partial charge on any atom is -0.373 e. The lowest BCUT2D eigenvalue weighted by Gasteiger charge is -2.08. The molecule has 2 aromatic rings. The van der Waals surface area contributed by atoms with Gasteiger partial charge >= 0.3 is 0 Å². The van der Waals surface area contributed by atoms with Crippen LogP contribution in [0.25, 0.3) is 0 Å². The fourth-order valence-electron chi connectivity index (χ4n) is 1.38. The number of hydrogen-bond acceptors (Lipinski definition) is 5. The molecule has 0 saturated heterocycles. The molecule has 5 nitrogen and oxygen atoms in total. The van der Waals surface area contributed by atoms with Crippen LogP contribution in [0.15, 0.2) is 24.3 Å². The van der Waals surface area contributed by atoms with Crippen LogP contribution >= 0.6 is 23.2 Å². The first kappa shape index (κ1) is 12.7. The van der Waals surface area contributed by atoms with Crippen LogP contribution in [0.4, 0.5) is 23.3 Å². The predicted molar refractivity (Wildman–Crippen MR) is 75.7 cm³/mol. The molecule has 0 amide bonds. The average Bonchev–Trinajstić information content (AvgIpc) is 2.33. The molecule has 7 heteroatoms. The van der Waals surface area contributed by atoms with Crippen LogP contribution in [0.5, 0.6) is 0 Å². The van der Waals surface area contributed by atoms with Crippen molar-refractivity contribution in [3.8, 4) is 0 Å². The van der Waals surface area contributed by atoms with Crippen molar-refractivity contribution in [1.82, 2.24) is 9.97 Å². The number of aromatic nitrogens is 2. The zero-order valence-electron chi connectivity index (χ0n) is 9.54. The van der Waals surface area contributed by atoms with Crippen LogP contribution in [0.1, 0.15) is 0 Å². The molecule has 0 spiro atoms. The summed E-state index contributed by atoms with van der Waals surface area (Å²) in [5.74, 6) is 1.39. The lowest BCUT2D eigenvalue weighted by atomic mass is 10.3. The first-order valence-corrected chi connectivity index (χ1v) is 5.88. The second-order valence-corrected chi connectivity index (χ2v) is 4.31. The summed E-state index contributed by atoms with van der Waals surface area (Å²) in [6.45, 7) is 0. The van der Waals surface area contributed by atoms with Gasteiger partial charge in [0.1, 0.15) is 11.6 Å². The number of anilines is 4. The van der Waals surface area contributed by atoms with E-state index in [9.17, 15) is 0 Å². The lowest BCUT2D eigenvalue weighted by molar-refractivity contribution is 1.17. The Morgan fingerprint density at radius 3 is 2.44 bits per heavy atom. The Bertz CT molecular complexity index is 573. The molecule has 94 valence electrons. The van der Waals surface area contributed by atoms with E-state index in [1.165, 1.54) is 0 Å². The predicted octanol–water partition coefficient (Wildman–Crippen LogP) is 3.15. The third kappa shape index (κ3) is 2.94. The minimum atomic E-state index is 0.185. The Labute approximate surface area is 114 Å². The molecule has 0 fully saturated rings. The fourth-order valence-corrected chi connectivity index (χ4v) is 1.68. The molecule has 0 atom stereocenters. The van der Waals surface area contributed by atoms with E-state index in [0.717, 1.165) is 5.69 Å². The van der Waals surface area contributed by atoms with E-state index in [0.29, 0.717) is 21.7 Å². The zero-order chi connectivity index (χ0) is 13.1. The Morgan fingerprint density at radius 2 is 1.78 bits per heavy atom. The molecule has 18 heavy (non-hydrogen) atoms. The largest absolute Gasteiger partial charge is 0.373 e. The molecule has 1 aromatic carbocycles. The van der Waals surface area contributed by atoms with E-state index in [1.54, 1.807) is 31.3 Å². The molecule has 0 aliphatic heterocycles. The van der Waals surface area contributed by atoms with Crippen LogP contribution < -0.4 is 16.4 Å². The highest BCUT2D eigenvalue weighted by Crippen LogP contribution is 2.27. The quantitative estimate of drug-likeness (QED) is 0.807. The maximum atomic E-state index is 5.93. The maximum absolute atomic E-state index is 5.93. The molecular formula is C11H11Cl2N5. The highest BCUT2D eigenvalue weighted by Gasteiger charge is 2.03. The van der Waals surface area contributed by atoms with Gasteiger partial charge in [-0.2, -0.15) is 9.97 Å². The second-order valence-electron chi connectivity index (χ2n) is 3.50. The Kier molecular flexibility index (Phi) is 3.74. The van der Waals surface area contributed by atoms with Crippen LogP contribution in [-0.2, 0) is 0 Å². The SMILES string of the molecule is CNc1cc(Nc2ccc(Cl)c(Cl)c2)nc(N)n1. The maximum Gasteiger partial charge on any atom is 0.223 e. The van der Waals surface area contributed by atoms with Crippen molar-refractivity contribution in [2.45, 2.75) is 0 Å². The molecule has 4 N–H and O–H groups in total. The molecule has 1 aromatic heterocycles. The summed E-state index contributed by atoms with van der Waals surface area (Å²) < 4.78 is 0. The van der Waals surface area contributed by atoms with Crippen LogP contribution in [0.3, 0.4) is 0 Å². The third-order valence-electron chi connectivity index (χ3n) is 2.19. The second kappa shape index (κ2) is 5.29. The summed E-state index contributed by atoms with van der Waals surface area (Å²) in [6.07, 6.45) is 0. The van der Waals surface area contributed by atoms with E-state index in [-0.39, 0.29) is 5.95 Å². The van der Waals surface area contributed by atoms with E-state index < -0.39 is 0 Å². The summed E-state index contributed by atoms with van der Waals surface area (Å²) in [5.41, 5.74) is 6.36. The summed E-state index contributed by atoms with van der Waals surface area (Å²) >= 11 is 11.8. The standard InChI is InChI=1S/C11H11Cl2N5/c1-15-9-5-10(18-11(14)17-9)16-6-2-3-7(12)8(13)4-6/h2-5H,1H3,(H4,14,15,16,17,18). The smallest absolute Gasteiger partial charge is 0.223 e. The molecule has 1 heterocycles. The third-order valence-corrected chi connectivity index (χ3v) is 2.93. The van der Waals surface area contributed by atoms with E-state index in [4.69, 9.17) is 28.9 Å². The fraction of sp³-hybridized carbons (Fsp3) is 0.0909. The molecule has 2 rings (SSSR count). The number of halogens is 2. The van der Waals surface area contributed by atoms with Gasteiger partial charge in [0.05, 0.1) is 10.0 Å². The average molecular weight is 284 g/mol. The van der Waals surface area contributed by atoms with Gasteiger partial charge in [-0.25, -0.2) is 0 Å². The number of nitrogens with one attached hydrogen (secondary N) is 2. The van der Waals surface area contributed by atoms with Crippen molar-refractivity contribution in [1.29, 1.82) is 0 Å². The molecule has 0 radical (unpaired) electrons. The number of nitrogens with zero attached hydrogens (tertiary/aromatic N) is 2. The monoisotopic (exact) mass is 283 g/mol. The molecule has 0 aliphatic carbocycles. The first-order chi connectivity index (χ1) is 8.58. The number of benzene rings is 1. The Morgan fingerprint density at radius 1 is 1.06 bits per heavy atom. The summed E-state index contributed by atoms with van der Waals surface area (Å²) in [7, 11) is 1.75. The first-order valence-electron chi connectivity index (χ1n) is 5.13. The van der Waals surface area contributed by atoms with Crippen molar-refractivity contribution in [2.75, 3.05) is 23.4 Å². The Balaban J connectivity index is 2.27. The van der Waals surface area contributed by atoms with Gasteiger partial charge in [0.25, 0.3) is 0 Å². The van der Waals surface area contributed by atoms with Crippen LogP contribution in [0, 0.1) is 0 Å². The van der Waals surface area contributed by atoms with Gasteiger partial charge in [0, 0.05) is 18.8 Å². The molecule has 0 aliphatic rings. The van der Waals surface area contributed by atoms with Crippen molar-refractivity contribution in [2.24, 2.45) is 0 Å². The molecular weight excluding hydrogens is 273 g/mol. The summed E-state index contributed by atoms with van der Waals surface area (Å²) in [5, 5.41) is 6.94. The van der Waals surface area contributed by atoms with Gasteiger partial charge in [0.2, 0.25) is 5.95 Å². The van der Waals surface area contributed by atoms with Crippen LogP contribution in [0.2, 0.25) is 10.0 Å². The van der Waals surface area contributed by atoms with Gasteiger partial charge < -0.3 is 16.4 Å². The van der Waals surface area contributed by atoms with E-state index in [2.05, 4.69) is 20.6 Å². The van der Waals surface area contributed by atoms with Crippen molar-refractivity contribution >= 4 is 46.5 Å². The molecule has 0 unspecified atom stereocenters. The van der Waals surface area contributed by atoms with Gasteiger partial charge in [-0.15, -0.1) is 0 Å². The summed E-state index contributed by atoms with van der Waals surface area (Å²) in [6, 6.07) is 6.95. The molecule has 0 bridgehead atoms. The Hall–Kier alpha value is -1.72. The topological polar surface area (TPSA) is 75.9 Å². The minimum absolute atomic E-state index is 0.185. The van der Waals surface area contributed by atoms with Crippen LogP contribution in [-0.4, -0.2) is 17.0 Å². The molecule has 0 saturated carbocycles. The van der Waals surface area contributed by atoms with Gasteiger partial charge in [-0.3, -0.25) is 0 Å². The van der Waals surface area contributed by atoms with Crippen molar-refractivity contribution in [3.05, 3.63) is 34.3 Å². The number of hydrogen-bond donors (Lipinski definition) is 3. The highest BCUT2D eigenvalue weighted by atomic mass is 35.5. The highest BCUT2D eigenvalue weighted by molar-refractivity contribution is 6.42. The number of nitrogens with two attached hydrogens (primary N) is 1. The van der Waals surface area contributed by atoms with E-state index in [1.807, 2.05) is 0 Å². The van der Waals surface area contributed by atoms with E-state index >= 15 is 0 Å². The van der Waals surface area contributed by atoms with Crippen molar-refractivity contribution in [3.63, 3.8) is 0 Å². The number of nitrogen functional groups attached to an aromatic ring is 1. The normalized spacial score (nSPS) is 10.2.